The lowest BCUT2D eigenvalue weighted by molar-refractivity contribution is -0.116. The molecule has 11 heavy (non-hydrogen) atoms. The fourth-order valence-corrected chi connectivity index (χ4v) is 1.00. The molecule has 60 valence electrons. The van der Waals surface area contributed by atoms with Crippen LogP contribution in [0.3, 0.4) is 0 Å². The molecule has 3 N–H and O–H groups in total. The second-order valence-electron chi connectivity index (χ2n) is 2.50. The van der Waals surface area contributed by atoms with Gasteiger partial charge in [0.05, 0.1) is 0 Å². The summed E-state index contributed by atoms with van der Waals surface area (Å²) in [5.41, 5.74) is 6.27. The summed E-state index contributed by atoms with van der Waals surface area (Å²) in [4.78, 5) is 11.0. The maximum atomic E-state index is 11.0. The SMILES string of the molecule is CNC(=O)C1=CC(N)CC=C1. The average molecular weight is 152 g/mol. The van der Waals surface area contributed by atoms with E-state index >= 15 is 0 Å². The minimum Gasteiger partial charge on any atom is -0.355 e. The van der Waals surface area contributed by atoms with Crippen molar-refractivity contribution in [2.75, 3.05) is 7.05 Å². The predicted molar refractivity (Wildman–Crippen MR) is 43.9 cm³/mol. The molecule has 0 radical (unpaired) electrons. The first-order valence-electron chi connectivity index (χ1n) is 3.60. The van der Waals surface area contributed by atoms with Crippen molar-refractivity contribution in [2.24, 2.45) is 5.73 Å². The van der Waals surface area contributed by atoms with Gasteiger partial charge in [0.1, 0.15) is 0 Å². The normalized spacial score (nSPS) is 22.7. The molecule has 0 saturated carbocycles. The molecule has 0 aromatic rings. The van der Waals surface area contributed by atoms with Crippen molar-refractivity contribution in [3.63, 3.8) is 0 Å². The minimum absolute atomic E-state index is 0.00713. The molecule has 3 nitrogen and oxygen atoms in total. The fraction of sp³-hybridized carbons (Fsp3) is 0.375. The quantitative estimate of drug-likeness (QED) is 0.553. The zero-order valence-corrected chi connectivity index (χ0v) is 6.50. The number of amides is 1. The van der Waals surface area contributed by atoms with Crippen LogP contribution in [0, 0.1) is 0 Å². The number of nitrogens with one attached hydrogen (secondary N) is 1. The largest absolute Gasteiger partial charge is 0.355 e. The molecule has 1 unspecified atom stereocenters. The van der Waals surface area contributed by atoms with Gasteiger partial charge in [0.25, 0.3) is 5.91 Å². The van der Waals surface area contributed by atoms with Crippen LogP contribution in [0.1, 0.15) is 6.42 Å². The van der Waals surface area contributed by atoms with Crippen molar-refractivity contribution < 1.29 is 4.79 Å². The van der Waals surface area contributed by atoms with Gasteiger partial charge in [-0.25, -0.2) is 0 Å². The molecule has 1 rings (SSSR count). The van der Waals surface area contributed by atoms with E-state index < -0.39 is 0 Å². The van der Waals surface area contributed by atoms with E-state index in [1.165, 1.54) is 0 Å². The van der Waals surface area contributed by atoms with Crippen molar-refractivity contribution in [2.45, 2.75) is 12.5 Å². The molecule has 1 aliphatic rings. The van der Waals surface area contributed by atoms with Gasteiger partial charge in [-0.2, -0.15) is 0 Å². The second kappa shape index (κ2) is 3.34. The van der Waals surface area contributed by atoms with E-state index in [9.17, 15) is 4.79 Å². The van der Waals surface area contributed by atoms with Crippen LogP contribution < -0.4 is 11.1 Å². The van der Waals surface area contributed by atoms with E-state index in [0.717, 1.165) is 6.42 Å². The average Bonchev–Trinajstić information content (AvgIpc) is 2.03. The zero-order chi connectivity index (χ0) is 8.27. The van der Waals surface area contributed by atoms with Crippen LogP contribution in [0.4, 0.5) is 0 Å². The molecule has 0 heterocycles. The smallest absolute Gasteiger partial charge is 0.250 e. The van der Waals surface area contributed by atoms with E-state index in [-0.39, 0.29) is 11.9 Å². The van der Waals surface area contributed by atoms with Crippen molar-refractivity contribution in [1.29, 1.82) is 0 Å². The van der Waals surface area contributed by atoms with Crippen molar-refractivity contribution in [1.82, 2.24) is 5.32 Å². The summed E-state index contributed by atoms with van der Waals surface area (Å²) >= 11 is 0. The first kappa shape index (κ1) is 8.01. The Bertz CT molecular complexity index is 218. The van der Waals surface area contributed by atoms with Gasteiger partial charge >= 0.3 is 0 Å². The fourth-order valence-electron chi connectivity index (χ4n) is 1.00. The van der Waals surface area contributed by atoms with E-state index in [1.54, 1.807) is 19.2 Å². The molecule has 1 amide bonds. The molecular weight excluding hydrogens is 140 g/mol. The maximum Gasteiger partial charge on any atom is 0.250 e. The molecule has 1 aliphatic carbocycles. The van der Waals surface area contributed by atoms with Crippen LogP contribution in [-0.2, 0) is 4.79 Å². The molecule has 0 fully saturated rings. The molecule has 1 atom stereocenters. The highest BCUT2D eigenvalue weighted by molar-refractivity contribution is 5.96. The Morgan fingerprint density at radius 2 is 2.55 bits per heavy atom. The number of rotatable bonds is 1. The molecule has 0 aromatic heterocycles. The predicted octanol–water partition coefficient (Wildman–Crippen LogP) is -0.0540. The summed E-state index contributed by atoms with van der Waals surface area (Å²) in [6.45, 7) is 0. The molecular formula is C8H12N2O. The Hall–Kier alpha value is -1.09. The Morgan fingerprint density at radius 1 is 1.82 bits per heavy atom. The van der Waals surface area contributed by atoms with Gasteiger partial charge in [-0.1, -0.05) is 18.2 Å². The number of hydrogen-bond acceptors (Lipinski definition) is 2. The highest BCUT2D eigenvalue weighted by atomic mass is 16.1. The van der Waals surface area contributed by atoms with E-state index in [1.807, 2.05) is 6.08 Å². The summed E-state index contributed by atoms with van der Waals surface area (Å²) < 4.78 is 0. The standard InChI is InChI=1S/C8H12N2O/c1-10-8(11)6-3-2-4-7(9)5-6/h2-3,5,7H,4,9H2,1H3,(H,10,11). The summed E-state index contributed by atoms with van der Waals surface area (Å²) in [7, 11) is 1.61. The van der Waals surface area contributed by atoms with Gasteiger partial charge in [-0.3, -0.25) is 4.79 Å². The Labute approximate surface area is 66.0 Å². The summed E-state index contributed by atoms with van der Waals surface area (Å²) in [6, 6.07) is -0.00713. The lowest BCUT2D eigenvalue weighted by Gasteiger charge is -2.10. The minimum atomic E-state index is -0.0728. The van der Waals surface area contributed by atoms with E-state index in [2.05, 4.69) is 5.32 Å². The molecule has 0 aromatic carbocycles. The number of carbonyl (C=O) groups excluding carboxylic acids is 1. The van der Waals surface area contributed by atoms with Gasteiger partial charge in [0, 0.05) is 18.7 Å². The van der Waals surface area contributed by atoms with Gasteiger partial charge in [0.2, 0.25) is 0 Å². The summed E-state index contributed by atoms with van der Waals surface area (Å²) in [5, 5.41) is 2.54. The van der Waals surface area contributed by atoms with E-state index in [4.69, 9.17) is 5.73 Å². The lowest BCUT2D eigenvalue weighted by Crippen LogP contribution is -2.25. The van der Waals surface area contributed by atoms with Gasteiger partial charge in [0.15, 0.2) is 0 Å². The highest BCUT2D eigenvalue weighted by Crippen LogP contribution is 2.08. The third kappa shape index (κ3) is 1.91. The van der Waals surface area contributed by atoms with Crippen molar-refractivity contribution in [3.05, 3.63) is 23.8 Å². The first-order valence-corrected chi connectivity index (χ1v) is 3.60. The van der Waals surface area contributed by atoms with Gasteiger partial charge < -0.3 is 11.1 Å². The number of nitrogens with two attached hydrogens (primary N) is 1. The Balaban J connectivity index is 2.71. The molecule has 3 heteroatoms. The number of carbonyl (C=O) groups is 1. The zero-order valence-electron chi connectivity index (χ0n) is 6.50. The first-order chi connectivity index (χ1) is 5.24. The maximum absolute atomic E-state index is 11.0. The van der Waals surface area contributed by atoms with Crippen LogP contribution in [0.2, 0.25) is 0 Å². The van der Waals surface area contributed by atoms with Crippen LogP contribution in [-0.4, -0.2) is 19.0 Å². The number of likely N-dealkylation sites (N-methyl/N-ethyl adjacent to an activating group) is 1. The summed E-state index contributed by atoms with van der Waals surface area (Å²) in [6.07, 6.45) is 6.30. The monoisotopic (exact) mass is 152 g/mol. The second-order valence-corrected chi connectivity index (χ2v) is 2.50. The van der Waals surface area contributed by atoms with Crippen molar-refractivity contribution >= 4 is 5.91 Å². The lowest BCUT2D eigenvalue weighted by atomic mass is 10.0. The van der Waals surface area contributed by atoms with Crippen LogP contribution in [0.25, 0.3) is 0 Å². The molecule has 0 aliphatic heterocycles. The number of hydrogen-bond donors (Lipinski definition) is 2. The van der Waals surface area contributed by atoms with Crippen LogP contribution in [0.15, 0.2) is 23.8 Å². The Kier molecular flexibility index (Phi) is 2.44. The third-order valence-corrected chi connectivity index (χ3v) is 1.59. The topological polar surface area (TPSA) is 55.1 Å². The third-order valence-electron chi connectivity index (χ3n) is 1.59. The van der Waals surface area contributed by atoms with Gasteiger partial charge in [-0.15, -0.1) is 0 Å². The van der Waals surface area contributed by atoms with E-state index in [0.29, 0.717) is 5.57 Å². The molecule has 0 bridgehead atoms. The highest BCUT2D eigenvalue weighted by Gasteiger charge is 2.09. The molecule has 0 spiro atoms. The molecule has 0 saturated heterocycles. The van der Waals surface area contributed by atoms with Crippen molar-refractivity contribution in [3.8, 4) is 0 Å². The van der Waals surface area contributed by atoms with Gasteiger partial charge in [-0.05, 0) is 6.42 Å². The summed E-state index contributed by atoms with van der Waals surface area (Å²) in [5.74, 6) is -0.0728. The van der Waals surface area contributed by atoms with Crippen LogP contribution >= 0.6 is 0 Å². The Morgan fingerprint density at radius 3 is 3.09 bits per heavy atom. The van der Waals surface area contributed by atoms with Crippen LogP contribution in [0.5, 0.6) is 0 Å².